The highest BCUT2D eigenvalue weighted by Gasteiger charge is 2.18. The fraction of sp³-hybridized carbons (Fsp3) is 0.200. The molecule has 2 rings (SSSR count). The number of aromatic hydroxyl groups is 1. The van der Waals surface area contributed by atoms with Crippen molar-refractivity contribution in [3.8, 4) is 5.75 Å². The van der Waals surface area contributed by atoms with Gasteiger partial charge in [0, 0.05) is 12.8 Å². The summed E-state index contributed by atoms with van der Waals surface area (Å²) in [5.74, 6) is -0.660. The molecule has 0 aliphatic carbocycles. The van der Waals surface area contributed by atoms with Crippen LogP contribution in [0.5, 0.6) is 5.75 Å². The Labute approximate surface area is 133 Å². The van der Waals surface area contributed by atoms with Crippen molar-refractivity contribution >= 4 is 69.8 Å². The lowest BCUT2D eigenvalue weighted by Gasteiger charge is -2.06. The number of phenolic OH excluding ortho intramolecular Hbond substituents is 1. The van der Waals surface area contributed by atoms with Crippen LogP contribution in [-0.4, -0.2) is 16.9 Å². The number of carbonyl (C=O) groups excluding carboxylic acids is 2. The number of carbonyl (C=O) groups is 2. The molecule has 1 aliphatic rings. The number of nitrogens with one attached hydrogen (secondary N) is 1. The number of benzene rings is 1. The lowest BCUT2D eigenvalue weighted by molar-refractivity contribution is -0.124. The van der Waals surface area contributed by atoms with E-state index in [2.05, 4.69) is 5.32 Å². The fourth-order valence-corrected chi connectivity index (χ4v) is 2.23. The average Bonchev–Trinajstić information content (AvgIpc) is 2.76. The molecule has 0 aromatic heterocycles. The Morgan fingerprint density at radius 1 is 0.737 bits per heavy atom. The lowest BCUT2D eigenvalue weighted by atomic mass is 10.3. The molecule has 9 heteroatoms. The van der Waals surface area contributed by atoms with Crippen molar-refractivity contribution in [1.82, 2.24) is 5.32 Å². The molecule has 2 amide bonds. The zero-order valence-corrected chi connectivity index (χ0v) is 12.8. The Bertz CT molecular complexity index is 427. The molecular weight excluding hydrogens is 359 g/mol. The molecule has 1 fully saturated rings. The largest absolute Gasteiger partial charge is 0.505 e. The summed E-state index contributed by atoms with van der Waals surface area (Å²) in [5.41, 5.74) is 0. The average molecular weight is 365 g/mol. The summed E-state index contributed by atoms with van der Waals surface area (Å²) < 4.78 is 0. The van der Waals surface area contributed by atoms with Gasteiger partial charge in [-0.2, -0.15) is 0 Å². The Morgan fingerprint density at radius 3 is 1.32 bits per heavy atom. The first kappa shape index (κ1) is 16.7. The van der Waals surface area contributed by atoms with E-state index < -0.39 is 0 Å². The molecule has 1 aromatic rings. The molecule has 19 heavy (non-hydrogen) atoms. The normalized spacial score (nSPS) is 13.9. The van der Waals surface area contributed by atoms with Gasteiger partial charge in [0.25, 0.3) is 0 Å². The molecule has 0 bridgehead atoms. The van der Waals surface area contributed by atoms with Gasteiger partial charge in [-0.1, -0.05) is 58.0 Å². The maximum absolute atomic E-state index is 10.1. The van der Waals surface area contributed by atoms with Gasteiger partial charge in [0.15, 0.2) is 5.75 Å². The third-order valence-corrected chi connectivity index (χ3v) is 4.30. The van der Waals surface area contributed by atoms with E-state index in [0.717, 1.165) is 0 Å². The molecule has 104 valence electrons. The van der Waals surface area contributed by atoms with Gasteiger partial charge in [-0.3, -0.25) is 14.9 Å². The minimum Gasteiger partial charge on any atom is -0.505 e. The Kier molecular flexibility index (Phi) is 6.02. The van der Waals surface area contributed by atoms with Crippen LogP contribution in [0.15, 0.2) is 0 Å². The van der Waals surface area contributed by atoms with E-state index in [-0.39, 0.29) is 42.7 Å². The summed E-state index contributed by atoms with van der Waals surface area (Å²) in [4.78, 5) is 20.2. The maximum Gasteiger partial charge on any atom is 0.227 e. The van der Waals surface area contributed by atoms with E-state index in [4.69, 9.17) is 58.0 Å². The number of halogens is 5. The highest BCUT2D eigenvalue weighted by Crippen LogP contribution is 2.47. The van der Waals surface area contributed by atoms with Crippen molar-refractivity contribution in [2.24, 2.45) is 0 Å². The predicted octanol–water partition coefficient (Wildman–Crippen LogP) is 4.08. The summed E-state index contributed by atoms with van der Waals surface area (Å²) in [5, 5.41) is 11.2. The van der Waals surface area contributed by atoms with Crippen molar-refractivity contribution in [2.75, 3.05) is 0 Å². The Balaban J connectivity index is 0.000000218. The van der Waals surface area contributed by atoms with Crippen LogP contribution in [-0.2, 0) is 9.59 Å². The Morgan fingerprint density at radius 2 is 1.05 bits per heavy atom. The van der Waals surface area contributed by atoms with E-state index in [9.17, 15) is 14.7 Å². The second-order valence-electron chi connectivity index (χ2n) is 3.39. The molecule has 2 N–H and O–H groups in total. The van der Waals surface area contributed by atoms with Crippen molar-refractivity contribution in [3.05, 3.63) is 25.1 Å². The SMILES string of the molecule is O=C1CCC(=O)N1.Oc1c(Cl)c(Cl)c(Cl)c(Cl)c1Cl. The quantitative estimate of drug-likeness (QED) is 0.414. The van der Waals surface area contributed by atoms with Gasteiger partial charge in [-0.15, -0.1) is 0 Å². The smallest absolute Gasteiger partial charge is 0.227 e. The minimum absolute atomic E-state index is 0.00904. The van der Waals surface area contributed by atoms with E-state index in [1.807, 2.05) is 0 Å². The van der Waals surface area contributed by atoms with Crippen molar-refractivity contribution in [3.63, 3.8) is 0 Å². The molecule has 4 nitrogen and oxygen atoms in total. The highest BCUT2D eigenvalue weighted by atomic mass is 35.5. The van der Waals surface area contributed by atoms with Crippen LogP contribution in [0.2, 0.25) is 25.1 Å². The summed E-state index contributed by atoms with van der Waals surface area (Å²) in [6.07, 6.45) is 0.748. The standard InChI is InChI=1S/C6HCl5O.C4H5NO2/c7-1-2(8)4(10)6(12)5(11)3(1)9;6-3-1-2-4(7)5-3/h12H;1-2H2,(H,5,6,7). The summed E-state index contributed by atoms with van der Waals surface area (Å²) in [6, 6.07) is 0. The van der Waals surface area contributed by atoms with Gasteiger partial charge < -0.3 is 5.11 Å². The van der Waals surface area contributed by atoms with Gasteiger partial charge in [0.05, 0.1) is 15.1 Å². The highest BCUT2D eigenvalue weighted by molar-refractivity contribution is 6.55. The molecule has 0 unspecified atom stereocenters. The van der Waals surface area contributed by atoms with Crippen LogP contribution in [0, 0.1) is 0 Å². The zero-order valence-electron chi connectivity index (χ0n) is 9.07. The number of phenols is 1. The maximum atomic E-state index is 10.1. The summed E-state index contributed by atoms with van der Waals surface area (Å²) in [6.45, 7) is 0. The number of amides is 2. The van der Waals surface area contributed by atoms with Crippen molar-refractivity contribution < 1.29 is 14.7 Å². The van der Waals surface area contributed by atoms with E-state index in [0.29, 0.717) is 12.8 Å². The van der Waals surface area contributed by atoms with Crippen LogP contribution in [0.1, 0.15) is 12.8 Å². The fourth-order valence-electron chi connectivity index (χ4n) is 1.10. The van der Waals surface area contributed by atoms with E-state index >= 15 is 0 Å². The molecule has 1 heterocycles. The molecule has 1 aromatic carbocycles. The van der Waals surface area contributed by atoms with Gasteiger partial charge in [0.1, 0.15) is 10.0 Å². The zero-order chi connectivity index (χ0) is 14.7. The first-order valence-corrected chi connectivity index (χ1v) is 6.67. The van der Waals surface area contributed by atoms with Gasteiger partial charge in [0.2, 0.25) is 11.8 Å². The molecule has 0 saturated carbocycles. The van der Waals surface area contributed by atoms with Gasteiger partial charge >= 0.3 is 0 Å². The summed E-state index contributed by atoms with van der Waals surface area (Å²) in [7, 11) is 0. The first-order valence-electron chi connectivity index (χ1n) is 4.78. The van der Waals surface area contributed by atoms with Crippen LogP contribution in [0.3, 0.4) is 0 Å². The van der Waals surface area contributed by atoms with Crippen LogP contribution in [0.4, 0.5) is 0 Å². The Hall–Kier alpha value is -0.390. The van der Waals surface area contributed by atoms with E-state index in [1.165, 1.54) is 0 Å². The third-order valence-electron chi connectivity index (χ3n) is 2.04. The molecule has 0 atom stereocenters. The van der Waals surface area contributed by atoms with Crippen molar-refractivity contribution in [1.29, 1.82) is 0 Å². The third kappa shape index (κ3) is 4.04. The molecule has 0 radical (unpaired) electrons. The van der Waals surface area contributed by atoms with Gasteiger partial charge in [-0.05, 0) is 0 Å². The number of hydrogen-bond acceptors (Lipinski definition) is 3. The van der Waals surface area contributed by atoms with Crippen LogP contribution < -0.4 is 5.32 Å². The second-order valence-corrected chi connectivity index (χ2v) is 5.28. The minimum atomic E-state index is -0.363. The van der Waals surface area contributed by atoms with Crippen molar-refractivity contribution in [2.45, 2.75) is 12.8 Å². The van der Waals surface area contributed by atoms with Crippen LogP contribution >= 0.6 is 58.0 Å². The molecular formula is C10H6Cl5NO3. The number of hydrogen-bond donors (Lipinski definition) is 2. The lowest BCUT2D eigenvalue weighted by Crippen LogP contribution is -2.18. The molecule has 1 saturated heterocycles. The topological polar surface area (TPSA) is 66.4 Å². The first-order chi connectivity index (χ1) is 8.75. The van der Waals surface area contributed by atoms with Gasteiger partial charge in [-0.25, -0.2) is 0 Å². The predicted molar refractivity (Wildman–Crippen MR) is 75.5 cm³/mol. The monoisotopic (exact) mass is 363 g/mol. The number of imide groups is 1. The van der Waals surface area contributed by atoms with E-state index in [1.54, 1.807) is 0 Å². The summed E-state index contributed by atoms with van der Waals surface area (Å²) >= 11 is 27.9. The second kappa shape index (κ2) is 6.86. The molecule has 1 aliphatic heterocycles. The number of rotatable bonds is 0. The molecule has 0 spiro atoms. The van der Waals surface area contributed by atoms with Crippen LogP contribution in [0.25, 0.3) is 0 Å².